The van der Waals surface area contributed by atoms with Gasteiger partial charge in [0, 0.05) is 36.2 Å². The number of piperazine rings is 1. The maximum atomic E-state index is 5.72. The molecule has 0 bridgehead atoms. The van der Waals surface area contributed by atoms with Crippen LogP contribution in [0.15, 0.2) is 11.6 Å². The smallest absolute Gasteiger partial charge is 0.0333 e. The molecule has 0 aromatic rings. The monoisotopic (exact) mass is 270 g/mol. The molecule has 18 heavy (non-hydrogen) atoms. The molecule has 0 aromatic heterocycles. The zero-order valence-electron chi connectivity index (χ0n) is 12.0. The zero-order valence-corrected chi connectivity index (χ0v) is 12.8. The van der Waals surface area contributed by atoms with E-state index in [9.17, 15) is 0 Å². The molecule has 1 atom stereocenters. The van der Waals surface area contributed by atoms with Crippen molar-refractivity contribution >= 4 is 11.6 Å². The predicted octanol–water partition coefficient (Wildman–Crippen LogP) is 3.37. The van der Waals surface area contributed by atoms with Crippen molar-refractivity contribution in [3.05, 3.63) is 11.6 Å². The topological polar surface area (TPSA) is 15.3 Å². The summed E-state index contributed by atoms with van der Waals surface area (Å²) in [5.74, 6) is 0.881. The maximum absolute atomic E-state index is 5.72. The molecule has 1 heterocycles. The summed E-state index contributed by atoms with van der Waals surface area (Å²) in [5.41, 5.74) is 2.28. The van der Waals surface area contributed by atoms with Gasteiger partial charge in [-0.25, -0.2) is 0 Å². The molecule has 1 unspecified atom stereocenters. The molecule has 1 saturated carbocycles. The van der Waals surface area contributed by atoms with Crippen LogP contribution in [0.5, 0.6) is 0 Å². The van der Waals surface area contributed by atoms with E-state index in [1.807, 2.05) is 0 Å². The van der Waals surface area contributed by atoms with E-state index in [0.29, 0.717) is 11.1 Å². The van der Waals surface area contributed by atoms with Crippen LogP contribution < -0.4 is 5.32 Å². The number of nitrogens with zero attached hydrogens (tertiary/aromatic N) is 1. The summed E-state index contributed by atoms with van der Waals surface area (Å²) < 4.78 is 0. The predicted molar refractivity (Wildman–Crippen MR) is 79.0 cm³/mol. The number of hydrogen-bond donors (Lipinski definition) is 1. The van der Waals surface area contributed by atoms with E-state index in [0.717, 1.165) is 25.6 Å². The van der Waals surface area contributed by atoms with Crippen LogP contribution in [0.2, 0.25) is 0 Å². The van der Waals surface area contributed by atoms with Crippen molar-refractivity contribution in [1.82, 2.24) is 10.2 Å². The Bertz CT molecular complexity index is 308. The van der Waals surface area contributed by atoms with Gasteiger partial charge in [-0.3, -0.25) is 4.90 Å². The Morgan fingerprint density at radius 3 is 2.50 bits per heavy atom. The molecule has 1 aliphatic heterocycles. The van der Waals surface area contributed by atoms with Gasteiger partial charge in [0.25, 0.3) is 0 Å². The third-order valence-electron chi connectivity index (χ3n) is 5.22. The third-order valence-corrected chi connectivity index (χ3v) is 5.40. The Kier molecular flexibility index (Phi) is 4.40. The van der Waals surface area contributed by atoms with Gasteiger partial charge in [0.05, 0.1) is 0 Å². The number of nitrogens with one attached hydrogen (secondary N) is 1. The Morgan fingerprint density at radius 2 is 2.00 bits per heavy atom. The second-order valence-corrected chi connectivity index (χ2v) is 6.47. The molecule has 2 aliphatic rings. The lowest BCUT2D eigenvalue weighted by molar-refractivity contribution is 0.00552. The standard InChI is InChI=1S/C15H27ClN2/c1-4-15(5-2)11-17-14(3,13-7-8-13)12-18(15)10-6-9-16/h6,9,13,17H,4-5,7-8,10-12H2,1-3H3/b9-6+. The van der Waals surface area contributed by atoms with Gasteiger partial charge in [-0.05, 0) is 38.5 Å². The van der Waals surface area contributed by atoms with Crippen molar-refractivity contribution in [2.75, 3.05) is 19.6 Å². The Labute approximate surface area is 117 Å². The van der Waals surface area contributed by atoms with E-state index in [1.165, 1.54) is 25.7 Å². The summed E-state index contributed by atoms with van der Waals surface area (Å²) in [5, 5.41) is 3.86. The highest BCUT2D eigenvalue weighted by Crippen LogP contribution is 2.43. The van der Waals surface area contributed by atoms with Crippen molar-refractivity contribution < 1.29 is 0 Å². The van der Waals surface area contributed by atoms with Crippen molar-refractivity contribution in [1.29, 1.82) is 0 Å². The fourth-order valence-corrected chi connectivity index (χ4v) is 3.54. The normalized spacial score (nSPS) is 33.1. The lowest BCUT2D eigenvalue weighted by Crippen LogP contribution is -2.69. The molecule has 2 fully saturated rings. The summed E-state index contributed by atoms with van der Waals surface area (Å²) in [4.78, 5) is 2.65. The largest absolute Gasteiger partial charge is 0.308 e. The highest BCUT2D eigenvalue weighted by Gasteiger charge is 2.49. The highest BCUT2D eigenvalue weighted by atomic mass is 35.5. The van der Waals surface area contributed by atoms with Crippen LogP contribution in [0.1, 0.15) is 46.5 Å². The van der Waals surface area contributed by atoms with Gasteiger partial charge in [0.2, 0.25) is 0 Å². The van der Waals surface area contributed by atoms with E-state index < -0.39 is 0 Å². The molecule has 104 valence electrons. The molecule has 2 nitrogen and oxygen atoms in total. The van der Waals surface area contributed by atoms with Gasteiger partial charge in [0.15, 0.2) is 0 Å². The van der Waals surface area contributed by atoms with Gasteiger partial charge in [-0.1, -0.05) is 31.5 Å². The molecule has 1 saturated heterocycles. The number of rotatable bonds is 5. The first kappa shape index (κ1) is 14.4. The summed E-state index contributed by atoms with van der Waals surface area (Å²) in [6.45, 7) is 10.3. The van der Waals surface area contributed by atoms with E-state index in [4.69, 9.17) is 11.6 Å². The minimum atomic E-state index is 0.310. The van der Waals surface area contributed by atoms with Gasteiger partial charge in [0.1, 0.15) is 0 Å². The van der Waals surface area contributed by atoms with Crippen molar-refractivity contribution in [3.8, 4) is 0 Å². The maximum Gasteiger partial charge on any atom is 0.0333 e. The van der Waals surface area contributed by atoms with Gasteiger partial charge < -0.3 is 5.32 Å². The van der Waals surface area contributed by atoms with Crippen molar-refractivity contribution in [3.63, 3.8) is 0 Å². The number of halogens is 1. The summed E-state index contributed by atoms with van der Waals surface area (Å²) in [6, 6.07) is 0. The summed E-state index contributed by atoms with van der Waals surface area (Å²) in [7, 11) is 0. The zero-order chi connectivity index (χ0) is 13.2. The van der Waals surface area contributed by atoms with Crippen LogP contribution in [0.25, 0.3) is 0 Å². The second-order valence-electron chi connectivity index (χ2n) is 6.22. The molecule has 0 amide bonds. The summed E-state index contributed by atoms with van der Waals surface area (Å²) in [6.07, 6.45) is 7.28. The highest BCUT2D eigenvalue weighted by molar-refractivity contribution is 6.25. The van der Waals surface area contributed by atoms with Crippen molar-refractivity contribution in [2.45, 2.75) is 57.5 Å². The Balaban J connectivity index is 2.13. The van der Waals surface area contributed by atoms with Gasteiger partial charge in [-0.15, -0.1) is 0 Å². The SMILES string of the molecule is CCC1(CC)CNC(C)(C2CC2)CN1C/C=C/Cl. The quantitative estimate of drug-likeness (QED) is 0.824. The molecule has 0 radical (unpaired) electrons. The van der Waals surface area contributed by atoms with Gasteiger partial charge in [-0.2, -0.15) is 0 Å². The minimum absolute atomic E-state index is 0.310. The van der Waals surface area contributed by atoms with E-state index in [2.05, 4.69) is 37.1 Å². The van der Waals surface area contributed by atoms with Crippen LogP contribution in [0.3, 0.4) is 0 Å². The third kappa shape index (κ3) is 2.61. The molecular formula is C15H27ClN2. The second kappa shape index (κ2) is 5.52. The molecule has 1 aliphatic carbocycles. The Morgan fingerprint density at radius 1 is 1.33 bits per heavy atom. The molecule has 0 spiro atoms. The molecular weight excluding hydrogens is 244 g/mol. The van der Waals surface area contributed by atoms with Crippen LogP contribution in [-0.4, -0.2) is 35.6 Å². The van der Waals surface area contributed by atoms with E-state index in [-0.39, 0.29) is 0 Å². The van der Waals surface area contributed by atoms with Crippen LogP contribution >= 0.6 is 11.6 Å². The fraction of sp³-hybridized carbons (Fsp3) is 0.867. The molecule has 3 heteroatoms. The first-order chi connectivity index (χ1) is 8.60. The van der Waals surface area contributed by atoms with Crippen LogP contribution in [-0.2, 0) is 0 Å². The van der Waals surface area contributed by atoms with Crippen LogP contribution in [0.4, 0.5) is 0 Å². The first-order valence-corrected chi connectivity index (χ1v) is 7.79. The number of hydrogen-bond acceptors (Lipinski definition) is 2. The molecule has 2 rings (SSSR count). The Hall–Kier alpha value is -0.0500. The lowest BCUT2D eigenvalue weighted by atomic mass is 9.81. The lowest BCUT2D eigenvalue weighted by Gasteiger charge is -2.53. The molecule has 0 aromatic carbocycles. The summed E-state index contributed by atoms with van der Waals surface area (Å²) >= 11 is 5.72. The average molecular weight is 271 g/mol. The molecule has 1 N–H and O–H groups in total. The van der Waals surface area contributed by atoms with E-state index >= 15 is 0 Å². The first-order valence-electron chi connectivity index (χ1n) is 7.35. The van der Waals surface area contributed by atoms with Gasteiger partial charge >= 0.3 is 0 Å². The average Bonchev–Trinajstić information content (AvgIpc) is 3.22. The van der Waals surface area contributed by atoms with E-state index in [1.54, 1.807) is 5.54 Å². The fourth-order valence-electron chi connectivity index (χ4n) is 3.46. The van der Waals surface area contributed by atoms with Crippen LogP contribution in [0, 0.1) is 5.92 Å². The van der Waals surface area contributed by atoms with Crippen molar-refractivity contribution in [2.24, 2.45) is 5.92 Å². The minimum Gasteiger partial charge on any atom is -0.308 e.